The fraction of sp³-hybridized carbons (Fsp3) is 0.333. The number of benzene rings is 1. The van der Waals surface area contributed by atoms with Gasteiger partial charge in [0.1, 0.15) is 5.01 Å². The highest BCUT2D eigenvalue weighted by atomic mass is 32.1. The Bertz CT molecular complexity index is 830. The first-order chi connectivity index (χ1) is 11.1. The summed E-state index contributed by atoms with van der Waals surface area (Å²) in [4.78, 5) is 21.1. The number of carbonyl (C=O) groups excluding carboxylic acids is 1. The van der Waals surface area contributed by atoms with Crippen molar-refractivity contribution in [2.75, 3.05) is 7.05 Å². The summed E-state index contributed by atoms with van der Waals surface area (Å²) < 4.78 is 1.18. The SMILES string of the molecule is CC(C1CC1)N(C)C(=O)c1ccc(-c2nc3ccccc3s2)s1. The van der Waals surface area contributed by atoms with Gasteiger partial charge in [-0.05, 0) is 49.9 Å². The van der Waals surface area contributed by atoms with E-state index in [0.717, 1.165) is 20.3 Å². The molecule has 0 bridgehead atoms. The van der Waals surface area contributed by atoms with Crippen LogP contribution in [0.2, 0.25) is 0 Å². The van der Waals surface area contributed by atoms with Gasteiger partial charge in [0.2, 0.25) is 0 Å². The van der Waals surface area contributed by atoms with Crippen molar-refractivity contribution in [3.8, 4) is 9.88 Å². The predicted molar refractivity (Wildman–Crippen MR) is 97.2 cm³/mol. The van der Waals surface area contributed by atoms with E-state index in [1.165, 1.54) is 17.5 Å². The van der Waals surface area contributed by atoms with Crippen LogP contribution in [0.4, 0.5) is 0 Å². The molecule has 1 saturated carbocycles. The van der Waals surface area contributed by atoms with E-state index in [9.17, 15) is 4.79 Å². The van der Waals surface area contributed by atoms with Crippen molar-refractivity contribution >= 4 is 38.8 Å². The minimum absolute atomic E-state index is 0.127. The van der Waals surface area contributed by atoms with Gasteiger partial charge in [0, 0.05) is 13.1 Å². The average Bonchev–Trinajstić information content (AvgIpc) is 3.14. The minimum atomic E-state index is 0.127. The number of aromatic nitrogens is 1. The summed E-state index contributed by atoms with van der Waals surface area (Å²) in [5.41, 5.74) is 1.02. The molecule has 1 atom stereocenters. The Labute approximate surface area is 143 Å². The minimum Gasteiger partial charge on any atom is -0.338 e. The molecule has 5 heteroatoms. The largest absolute Gasteiger partial charge is 0.338 e. The van der Waals surface area contributed by atoms with E-state index in [1.807, 2.05) is 42.3 Å². The zero-order chi connectivity index (χ0) is 16.0. The summed E-state index contributed by atoms with van der Waals surface area (Å²) in [5.74, 6) is 0.814. The molecule has 0 saturated heterocycles. The molecule has 2 aromatic heterocycles. The van der Waals surface area contributed by atoms with Crippen LogP contribution < -0.4 is 0 Å². The summed E-state index contributed by atoms with van der Waals surface area (Å²) in [5, 5.41) is 0.994. The van der Waals surface area contributed by atoms with Crippen LogP contribution in [-0.2, 0) is 0 Å². The quantitative estimate of drug-likeness (QED) is 0.676. The molecule has 1 fully saturated rings. The van der Waals surface area contributed by atoms with Gasteiger partial charge in [-0.3, -0.25) is 4.79 Å². The van der Waals surface area contributed by atoms with E-state index in [4.69, 9.17) is 0 Å². The van der Waals surface area contributed by atoms with Crippen LogP contribution in [-0.4, -0.2) is 28.9 Å². The smallest absolute Gasteiger partial charge is 0.263 e. The number of carbonyl (C=O) groups is 1. The predicted octanol–water partition coefficient (Wildman–Crippen LogP) is 4.90. The lowest BCUT2D eigenvalue weighted by Crippen LogP contribution is -2.35. The Hall–Kier alpha value is -1.72. The van der Waals surface area contributed by atoms with Gasteiger partial charge in [0.25, 0.3) is 5.91 Å². The van der Waals surface area contributed by atoms with E-state index in [2.05, 4.69) is 18.0 Å². The zero-order valence-electron chi connectivity index (χ0n) is 13.2. The molecule has 0 aliphatic heterocycles. The topological polar surface area (TPSA) is 33.2 Å². The van der Waals surface area contributed by atoms with Crippen molar-refractivity contribution in [2.45, 2.75) is 25.8 Å². The maximum Gasteiger partial charge on any atom is 0.263 e. The number of amides is 1. The van der Waals surface area contributed by atoms with Crippen molar-refractivity contribution in [2.24, 2.45) is 5.92 Å². The van der Waals surface area contributed by atoms with E-state index in [0.29, 0.717) is 12.0 Å². The van der Waals surface area contributed by atoms with Crippen LogP contribution in [0.25, 0.3) is 20.1 Å². The summed E-state index contributed by atoms with van der Waals surface area (Å²) in [6.45, 7) is 2.15. The summed E-state index contributed by atoms with van der Waals surface area (Å²) >= 11 is 3.22. The highest BCUT2D eigenvalue weighted by Gasteiger charge is 2.33. The van der Waals surface area contributed by atoms with Crippen LogP contribution in [0.1, 0.15) is 29.4 Å². The lowest BCUT2D eigenvalue weighted by Gasteiger charge is -2.24. The third-order valence-corrected chi connectivity index (χ3v) is 6.84. The van der Waals surface area contributed by atoms with Crippen molar-refractivity contribution in [1.29, 1.82) is 0 Å². The first-order valence-electron chi connectivity index (χ1n) is 7.86. The number of para-hydroxylation sites is 1. The summed E-state index contributed by atoms with van der Waals surface area (Å²) in [6, 6.07) is 12.4. The van der Waals surface area contributed by atoms with Crippen molar-refractivity contribution < 1.29 is 4.79 Å². The molecule has 4 rings (SSSR count). The molecule has 0 radical (unpaired) electrons. The highest BCUT2D eigenvalue weighted by molar-refractivity contribution is 7.26. The van der Waals surface area contributed by atoms with Crippen molar-refractivity contribution in [3.63, 3.8) is 0 Å². The number of nitrogens with zero attached hydrogens (tertiary/aromatic N) is 2. The number of fused-ring (bicyclic) bond motifs is 1. The van der Waals surface area contributed by atoms with E-state index in [1.54, 1.807) is 22.7 Å². The third kappa shape index (κ3) is 2.79. The van der Waals surface area contributed by atoms with E-state index in [-0.39, 0.29) is 5.91 Å². The second-order valence-corrected chi connectivity index (χ2v) is 8.26. The van der Waals surface area contributed by atoms with Crippen LogP contribution in [0.3, 0.4) is 0 Å². The number of hydrogen-bond acceptors (Lipinski definition) is 4. The van der Waals surface area contributed by atoms with Gasteiger partial charge in [-0.1, -0.05) is 12.1 Å². The average molecular weight is 342 g/mol. The fourth-order valence-corrected chi connectivity index (χ4v) is 4.81. The molecular formula is C18H18N2OS2. The molecule has 3 aromatic rings. The number of rotatable bonds is 4. The monoisotopic (exact) mass is 342 g/mol. The van der Waals surface area contributed by atoms with E-state index >= 15 is 0 Å². The van der Waals surface area contributed by atoms with Gasteiger partial charge in [0.05, 0.1) is 20.0 Å². The van der Waals surface area contributed by atoms with Gasteiger partial charge >= 0.3 is 0 Å². The summed E-state index contributed by atoms with van der Waals surface area (Å²) in [7, 11) is 1.92. The maximum absolute atomic E-state index is 12.7. The van der Waals surface area contributed by atoms with Crippen LogP contribution in [0.5, 0.6) is 0 Å². The van der Waals surface area contributed by atoms with Crippen LogP contribution in [0.15, 0.2) is 36.4 Å². The molecule has 0 spiro atoms. The Morgan fingerprint density at radius 1 is 1.22 bits per heavy atom. The Kier molecular flexibility index (Phi) is 3.70. The Balaban J connectivity index is 1.59. The standard InChI is InChI=1S/C18H18N2OS2/c1-11(12-7-8-12)20(2)18(21)16-10-9-15(22-16)17-19-13-5-3-4-6-14(13)23-17/h3-6,9-12H,7-8H2,1-2H3. The molecule has 1 aromatic carbocycles. The second-order valence-electron chi connectivity index (χ2n) is 6.14. The van der Waals surface area contributed by atoms with Gasteiger partial charge in [-0.2, -0.15) is 0 Å². The van der Waals surface area contributed by atoms with Gasteiger partial charge in [0.15, 0.2) is 0 Å². The van der Waals surface area contributed by atoms with Crippen molar-refractivity contribution in [1.82, 2.24) is 9.88 Å². The van der Waals surface area contributed by atoms with Crippen LogP contribution >= 0.6 is 22.7 Å². The third-order valence-electron chi connectivity index (χ3n) is 4.56. The molecule has 1 aliphatic rings. The molecule has 23 heavy (non-hydrogen) atoms. The van der Waals surface area contributed by atoms with Gasteiger partial charge in [-0.15, -0.1) is 22.7 Å². The molecule has 118 valence electrons. The number of thiazole rings is 1. The number of thiophene rings is 1. The lowest BCUT2D eigenvalue weighted by molar-refractivity contribution is 0.0732. The molecule has 0 N–H and O–H groups in total. The molecule has 2 heterocycles. The highest BCUT2D eigenvalue weighted by Crippen LogP contribution is 2.37. The Morgan fingerprint density at radius 2 is 2.00 bits per heavy atom. The maximum atomic E-state index is 12.7. The molecule has 1 aliphatic carbocycles. The number of hydrogen-bond donors (Lipinski definition) is 0. The Morgan fingerprint density at radius 3 is 2.74 bits per heavy atom. The van der Waals surface area contributed by atoms with E-state index < -0.39 is 0 Å². The second kappa shape index (κ2) is 5.73. The lowest BCUT2D eigenvalue weighted by atomic mass is 10.2. The molecule has 1 amide bonds. The molecule has 1 unspecified atom stereocenters. The summed E-state index contributed by atoms with van der Waals surface area (Å²) in [6.07, 6.45) is 2.50. The van der Waals surface area contributed by atoms with Gasteiger partial charge < -0.3 is 4.90 Å². The fourth-order valence-electron chi connectivity index (χ4n) is 2.80. The normalized spacial score (nSPS) is 15.7. The first kappa shape index (κ1) is 14.8. The molecule has 3 nitrogen and oxygen atoms in total. The van der Waals surface area contributed by atoms with Crippen LogP contribution in [0, 0.1) is 5.92 Å². The van der Waals surface area contributed by atoms with Crippen molar-refractivity contribution in [3.05, 3.63) is 41.3 Å². The van der Waals surface area contributed by atoms with Gasteiger partial charge in [-0.25, -0.2) is 4.98 Å². The zero-order valence-corrected chi connectivity index (χ0v) is 14.8. The molecular weight excluding hydrogens is 324 g/mol. The first-order valence-corrected chi connectivity index (χ1v) is 9.50.